The number of ether oxygens (including phenoxy) is 2. The first-order chi connectivity index (χ1) is 9.74. The van der Waals surface area contributed by atoms with Crippen LogP contribution >= 0.6 is 15.9 Å². The lowest BCUT2D eigenvalue weighted by Crippen LogP contribution is -1.97. The fourth-order valence-electron chi connectivity index (χ4n) is 1.95. The van der Waals surface area contributed by atoms with Crippen molar-refractivity contribution >= 4 is 15.9 Å². The van der Waals surface area contributed by atoms with Crippen LogP contribution in [0.15, 0.2) is 48.5 Å². The van der Waals surface area contributed by atoms with E-state index in [9.17, 15) is 0 Å². The third-order valence-electron chi connectivity index (χ3n) is 3.03. The third kappa shape index (κ3) is 3.76. The van der Waals surface area contributed by atoms with Gasteiger partial charge in [0.2, 0.25) is 0 Å². The monoisotopic (exact) mass is 334 g/mol. The predicted octanol–water partition coefficient (Wildman–Crippen LogP) is 4.97. The largest absolute Gasteiger partial charge is 0.497 e. The van der Waals surface area contributed by atoms with Crippen molar-refractivity contribution in [1.29, 1.82) is 0 Å². The minimum Gasteiger partial charge on any atom is -0.497 e. The van der Waals surface area contributed by atoms with Crippen LogP contribution in [0.2, 0.25) is 0 Å². The van der Waals surface area contributed by atoms with Gasteiger partial charge in [0.25, 0.3) is 0 Å². The first-order valence-corrected chi connectivity index (χ1v) is 7.67. The van der Waals surface area contributed by atoms with E-state index in [1.807, 2.05) is 24.3 Å². The van der Waals surface area contributed by atoms with Gasteiger partial charge < -0.3 is 9.47 Å². The first-order valence-electron chi connectivity index (χ1n) is 6.75. The van der Waals surface area contributed by atoms with E-state index in [0.29, 0.717) is 0 Å². The second kappa shape index (κ2) is 7.34. The van der Waals surface area contributed by atoms with Crippen LogP contribution in [0.4, 0.5) is 0 Å². The molecule has 2 nitrogen and oxygen atoms in total. The lowest BCUT2D eigenvalue weighted by molar-refractivity contribution is 0.317. The summed E-state index contributed by atoms with van der Waals surface area (Å²) in [7, 11) is 1.68. The molecule has 0 radical (unpaired) electrons. The van der Waals surface area contributed by atoms with Crippen LogP contribution in [0.3, 0.4) is 0 Å². The van der Waals surface area contributed by atoms with Gasteiger partial charge in [0.05, 0.1) is 18.5 Å². The predicted molar refractivity (Wildman–Crippen MR) is 86.0 cm³/mol. The van der Waals surface area contributed by atoms with Gasteiger partial charge in [0.15, 0.2) is 0 Å². The highest BCUT2D eigenvalue weighted by molar-refractivity contribution is 9.09. The smallest absolute Gasteiger partial charge is 0.119 e. The molecule has 0 saturated carbocycles. The number of alkyl halides is 1. The van der Waals surface area contributed by atoms with E-state index in [1.165, 1.54) is 11.1 Å². The maximum Gasteiger partial charge on any atom is 0.119 e. The minimum absolute atomic E-state index is 0.151. The number of hydrogen-bond acceptors (Lipinski definition) is 2. The molecule has 0 heterocycles. The van der Waals surface area contributed by atoms with Crippen LogP contribution in [-0.2, 0) is 0 Å². The summed E-state index contributed by atoms with van der Waals surface area (Å²) < 4.78 is 10.9. The molecule has 1 atom stereocenters. The van der Waals surface area contributed by atoms with Gasteiger partial charge >= 0.3 is 0 Å². The van der Waals surface area contributed by atoms with E-state index < -0.39 is 0 Å². The zero-order valence-corrected chi connectivity index (χ0v) is 13.4. The lowest BCUT2D eigenvalue weighted by Gasteiger charge is -2.13. The molecule has 0 saturated heterocycles. The number of hydrogen-bond donors (Lipinski definition) is 0. The van der Waals surface area contributed by atoms with E-state index in [-0.39, 0.29) is 4.83 Å². The van der Waals surface area contributed by atoms with Crippen molar-refractivity contribution < 1.29 is 9.47 Å². The first kappa shape index (κ1) is 14.9. The number of benzene rings is 2. The lowest BCUT2D eigenvalue weighted by atomic mass is 10.0. The normalized spacial score (nSPS) is 11.9. The van der Waals surface area contributed by atoms with E-state index in [1.54, 1.807) is 7.11 Å². The summed E-state index contributed by atoms with van der Waals surface area (Å²) in [6, 6.07) is 16.3. The molecule has 0 bridgehead atoms. The fourth-order valence-corrected chi connectivity index (χ4v) is 2.54. The zero-order valence-electron chi connectivity index (χ0n) is 11.8. The second-order valence-electron chi connectivity index (χ2n) is 4.56. The van der Waals surface area contributed by atoms with E-state index in [2.05, 4.69) is 47.1 Å². The molecule has 0 spiro atoms. The molecule has 2 aromatic rings. The van der Waals surface area contributed by atoms with Gasteiger partial charge in [-0.1, -0.05) is 47.1 Å². The maximum absolute atomic E-state index is 5.68. The Labute approximate surface area is 128 Å². The molecule has 0 aliphatic rings. The van der Waals surface area contributed by atoms with E-state index >= 15 is 0 Å². The molecule has 0 aromatic heterocycles. The summed E-state index contributed by atoms with van der Waals surface area (Å²) in [5, 5.41) is 0. The Balaban J connectivity index is 2.16. The van der Waals surface area contributed by atoms with Gasteiger partial charge in [-0.2, -0.15) is 0 Å². The molecular weight excluding hydrogens is 316 g/mol. The van der Waals surface area contributed by atoms with Crippen molar-refractivity contribution in [3.05, 3.63) is 59.7 Å². The Bertz CT molecular complexity index is 537. The van der Waals surface area contributed by atoms with E-state index in [4.69, 9.17) is 9.47 Å². The molecule has 106 valence electrons. The summed E-state index contributed by atoms with van der Waals surface area (Å²) in [6.07, 6.45) is 1.01. The molecule has 0 aliphatic carbocycles. The van der Waals surface area contributed by atoms with Gasteiger partial charge in [-0.3, -0.25) is 0 Å². The van der Waals surface area contributed by atoms with Crippen molar-refractivity contribution in [2.24, 2.45) is 0 Å². The van der Waals surface area contributed by atoms with Crippen molar-refractivity contribution in [3.63, 3.8) is 0 Å². The Kier molecular flexibility index (Phi) is 5.48. The Hall–Kier alpha value is -1.48. The van der Waals surface area contributed by atoms with Crippen LogP contribution in [0.5, 0.6) is 11.5 Å². The summed E-state index contributed by atoms with van der Waals surface area (Å²) >= 11 is 3.75. The molecule has 0 amide bonds. The summed E-state index contributed by atoms with van der Waals surface area (Å²) in [6.45, 7) is 2.85. The van der Waals surface area contributed by atoms with Crippen LogP contribution in [0, 0.1) is 0 Å². The van der Waals surface area contributed by atoms with Gasteiger partial charge in [-0.05, 0) is 41.8 Å². The average Bonchev–Trinajstić information content (AvgIpc) is 2.52. The fraction of sp³-hybridized carbons (Fsp3) is 0.294. The molecule has 1 unspecified atom stereocenters. The molecule has 0 fully saturated rings. The Morgan fingerprint density at radius 1 is 1.00 bits per heavy atom. The molecule has 2 rings (SSSR count). The van der Waals surface area contributed by atoms with Crippen molar-refractivity contribution in [2.45, 2.75) is 18.2 Å². The zero-order chi connectivity index (χ0) is 14.4. The van der Waals surface area contributed by atoms with Crippen molar-refractivity contribution in [3.8, 4) is 11.5 Å². The summed E-state index contributed by atoms with van der Waals surface area (Å²) in [4.78, 5) is 0.151. The Morgan fingerprint density at radius 2 is 1.75 bits per heavy atom. The molecule has 0 aliphatic heterocycles. The number of halogens is 1. The molecular formula is C17H19BrO2. The molecule has 0 N–H and O–H groups in total. The van der Waals surface area contributed by atoms with Crippen LogP contribution in [0.1, 0.15) is 29.3 Å². The standard InChI is InChI=1S/C17H19BrO2/c1-3-11-20-16-6-4-5-14(12-16)17(18)13-7-9-15(19-2)10-8-13/h4-10,12,17H,3,11H2,1-2H3. The topological polar surface area (TPSA) is 18.5 Å². The average molecular weight is 335 g/mol. The third-order valence-corrected chi connectivity index (χ3v) is 4.09. The van der Waals surface area contributed by atoms with Gasteiger partial charge in [0.1, 0.15) is 11.5 Å². The highest BCUT2D eigenvalue weighted by Crippen LogP contribution is 2.33. The van der Waals surface area contributed by atoms with Crippen LogP contribution in [0.25, 0.3) is 0 Å². The second-order valence-corrected chi connectivity index (χ2v) is 5.47. The van der Waals surface area contributed by atoms with Gasteiger partial charge in [-0.15, -0.1) is 0 Å². The van der Waals surface area contributed by atoms with Crippen molar-refractivity contribution in [2.75, 3.05) is 13.7 Å². The molecule has 2 aromatic carbocycles. The highest BCUT2D eigenvalue weighted by atomic mass is 79.9. The SMILES string of the molecule is CCCOc1cccc(C(Br)c2ccc(OC)cc2)c1. The van der Waals surface area contributed by atoms with Gasteiger partial charge in [-0.25, -0.2) is 0 Å². The Morgan fingerprint density at radius 3 is 2.40 bits per heavy atom. The number of methoxy groups -OCH3 is 1. The van der Waals surface area contributed by atoms with Crippen molar-refractivity contribution in [1.82, 2.24) is 0 Å². The summed E-state index contributed by atoms with van der Waals surface area (Å²) in [5.74, 6) is 1.79. The molecule has 20 heavy (non-hydrogen) atoms. The quantitative estimate of drug-likeness (QED) is 0.694. The highest BCUT2D eigenvalue weighted by Gasteiger charge is 2.11. The van der Waals surface area contributed by atoms with E-state index in [0.717, 1.165) is 24.5 Å². The van der Waals surface area contributed by atoms with Gasteiger partial charge in [0, 0.05) is 0 Å². The minimum atomic E-state index is 0.151. The van der Waals surface area contributed by atoms with Crippen LogP contribution < -0.4 is 9.47 Å². The maximum atomic E-state index is 5.68. The van der Waals surface area contributed by atoms with Crippen LogP contribution in [-0.4, -0.2) is 13.7 Å². The summed E-state index contributed by atoms with van der Waals surface area (Å²) in [5.41, 5.74) is 2.38. The number of rotatable bonds is 6. The molecule has 3 heteroatoms.